The zero-order chi connectivity index (χ0) is 8.81. The molecule has 1 fully saturated rings. The maximum absolute atomic E-state index is 5.58. The highest BCUT2D eigenvalue weighted by Gasteiger charge is 2.16. The van der Waals surface area contributed by atoms with Crippen molar-refractivity contribution in [1.82, 2.24) is 4.90 Å². The minimum absolute atomic E-state index is 0.407. The first-order valence-electron chi connectivity index (χ1n) is 4.52. The first-order valence-corrected chi connectivity index (χ1v) is 4.52. The van der Waals surface area contributed by atoms with Gasteiger partial charge in [0.05, 0.1) is 6.10 Å². The largest absolute Gasteiger partial charge is 0.364 e. The zero-order valence-electron chi connectivity index (χ0n) is 7.97. The van der Waals surface area contributed by atoms with Crippen molar-refractivity contribution in [2.45, 2.75) is 25.9 Å². The number of ether oxygens (including phenoxy) is 1. The highest BCUT2D eigenvalue weighted by Crippen LogP contribution is 2.10. The molecule has 2 heteroatoms. The fourth-order valence-corrected chi connectivity index (χ4v) is 1.49. The van der Waals surface area contributed by atoms with Gasteiger partial charge in [-0.2, -0.15) is 0 Å². The van der Waals surface area contributed by atoms with Gasteiger partial charge in [-0.3, -0.25) is 0 Å². The third-order valence-corrected chi connectivity index (χ3v) is 2.15. The first-order chi connectivity index (χ1) is 5.83. The smallest absolute Gasteiger partial charge is 0.108 e. The monoisotopic (exact) mass is 167 g/mol. The molecule has 0 aromatic rings. The average molecular weight is 167 g/mol. The van der Waals surface area contributed by atoms with Gasteiger partial charge in [0.2, 0.25) is 0 Å². The second kappa shape index (κ2) is 5.18. The normalized spacial score (nSPS) is 24.7. The predicted molar refractivity (Wildman–Crippen MR) is 49.9 cm³/mol. The van der Waals surface area contributed by atoms with Crippen LogP contribution in [-0.2, 0) is 4.74 Å². The Hall–Kier alpha value is -0.520. The van der Waals surface area contributed by atoms with Crippen LogP contribution in [0.2, 0.25) is 0 Å². The molecule has 0 aromatic heterocycles. The molecule has 0 aliphatic carbocycles. The SMILES string of the molecule is CC#CCOC1CCCN(C)C1. The van der Waals surface area contributed by atoms with E-state index < -0.39 is 0 Å². The van der Waals surface area contributed by atoms with E-state index in [9.17, 15) is 0 Å². The Morgan fingerprint density at radius 3 is 3.08 bits per heavy atom. The van der Waals surface area contributed by atoms with E-state index in [-0.39, 0.29) is 0 Å². The Kier molecular flexibility index (Phi) is 4.13. The third-order valence-electron chi connectivity index (χ3n) is 2.15. The Bertz CT molecular complexity index is 180. The molecule has 1 heterocycles. The number of likely N-dealkylation sites (N-methyl/N-ethyl adjacent to an activating group) is 1. The van der Waals surface area contributed by atoms with Crippen molar-refractivity contribution in [1.29, 1.82) is 0 Å². The standard InChI is InChI=1S/C10H17NO/c1-3-4-8-12-10-6-5-7-11(2)9-10/h10H,5-9H2,1-2H3. The number of rotatable bonds is 2. The summed E-state index contributed by atoms with van der Waals surface area (Å²) in [5, 5.41) is 0. The third kappa shape index (κ3) is 3.25. The second-order valence-corrected chi connectivity index (χ2v) is 3.26. The quantitative estimate of drug-likeness (QED) is 0.571. The van der Waals surface area contributed by atoms with Crippen LogP contribution in [0.25, 0.3) is 0 Å². The lowest BCUT2D eigenvalue weighted by atomic mass is 10.1. The molecule has 0 aromatic carbocycles. The summed E-state index contributed by atoms with van der Waals surface area (Å²) >= 11 is 0. The highest BCUT2D eigenvalue weighted by atomic mass is 16.5. The summed E-state index contributed by atoms with van der Waals surface area (Å²) < 4.78 is 5.58. The molecule has 1 aliphatic rings. The van der Waals surface area contributed by atoms with E-state index in [2.05, 4.69) is 23.8 Å². The molecule has 0 saturated carbocycles. The lowest BCUT2D eigenvalue weighted by Gasteiger charge is -2.28. The van der Waals surface area contributed by atoms with E-state index in [4.69, 9.17) is 4.74 Å². The van der Waals surface area contributed by atoms with Gasteiger partial charge in [-0.05, 0) is 33.4 Å². The molecule has 1 atom stereocenters. The highest BCUT2D eigenvalue weighted by molar-refractivity contribution is 4.95. The number of likely N-dealkylation sites (tertiary alicyclic amines) is 1. The number of nitrogens with zero attached hydrogens (tertiary/aromatic N) is 1. The minimum Gasteiger partial charge on any atom is -0.364 e. The van der Waals surface area contributed by atoms with Crippen LogP contribution in [0.15, 0.2) is 0 Å². The Morgan fingerprint density at radius 1 is 1.58 bits per heavy atom. The van der Waals surface area contributed by atoms with Crippen LogP contribution < -0.4 is 0 Å². The molecule has 1 saturated heterocycles. The van der Waals surface area contributed by atoms with Gasteiger partial charge in [-0.1, -0.05) is 5.92 Å². The predicted octanol–water partition coefficient (Wildman–Crippen LogP) is 1.12. The van der Waals surface area contributed by atoms with Crippen LogP contribution in [-0.4, -0.2) is 37.7 Å². The first kappa shape index (κ1) is 9.57. The van der Waals surface area contributed by atoms with Gasteiger partial charge in [0.1, 0.15) is 6.61 Å². The van der Waals surface area contributed by atoms with Gasteiger partial charge in [-0.25, -0.2) is 0 Å². The fraction of sp³-hybridized carbons (Fsp3) is 0.800. The van der Waals surface area contributed by atoms with Gasteiger partial charge in [-0.15, -0.1) is 5.92 Å². The molecule has 12 heavy (non-hydrogen) atoms. The maximum atomic E-state index is 5.58. The van der Waals surface area contributed by atoms with E-state index in [0.29, 0.717) is 12.7 Å². The lowest BCUT2D eigenvalue weighted by molar-refractivity contribution is 0.0238. The van der Waals surface area contributed by atoms with Crippen molar-refractivity contribution in [2.24, 2.45) is 0 Å². The summed E-state index contributed by atoms with van der Waals surface area (Å²) in [7, 11) is 2.14. The Morgan fingerprint density at radius 2 is 2.42 bits per heavy atom. The van der Waals surface area contributed by atoms with Crippen LogP contribution in [0.1, 0.15) is 19.8 Å². The number of hydrogen-bond donors (Lipinski definition) is 0. The lowest BCUT2D eigenvalue weighted by Crippen LogP contribution is -2.37. The van der Waals surface area contributed by atoms with Crippen molar-refractivity contribution in [3.05, 3.63) is 0 Å². The topological polar surface area (TPSA) is 12.5 Å². The molecule has 0 bridgehead atoms. The molecule has 1 unspecified atom stereocenters. The summed E-state index contributed by atoms with van der Waals surface area (Å²) in [5.74, 6) is 5.75. The second-order valence-electron chi connectivity index (χ2n) is 3.26. The van der Waals surface area contributed by atoms with E-state index in [1.807, 2.05) is 6.92 Å². The zero-order valence-corrected chi connectivity index (χ0v) is 7.97. The van der Waals surface area contributed by atoms with Crippen LogP contribution >= 0.6 is 0 Å². The Labute approximate surface area is 74.9 Å². The van der Waals surface area contributed by atoms with E-state index >= 15 is 0 Å². The number of hydrogen-bond acceptors (Lipinski definition) is 2. The van der Waals surface area contributed by atoms with E-state index in [1.165, 1.54) is 19.4 Å². The summed E-state index contributed by atoms with van der Waals surface area (Å²) in [6, 6.07) is 0. The van der Waals surface area contributed by atoms with Crippen molar-refractivity contribution in [3.63, 3.8) is 0 Å². The maximum Gasteiger partial charge on any atom is 0.108 e. The van der Waals surface area contributed by atoms with Crippen molar-refractivity contribution in [2.75, 3.05) is 26.7 Å². The molecule has 2 nitrogen and oxygen atoms in total. The van der Waals surface area contributed by atoms with Crippen LogP contribution in [0.5, 0.6) is 0 Å². The summed E-state index contributed by atoms with van der Waals surface area (Å²) in [6.45, 7) is 4.70. The molecule has 0 N–H and O–H groups in total. The van der Waals surface area contributed by atoms with Crippen molar-refractivity contribution in [3.8, 4) is 11.8 Å². The van der Waals surface area contributed by atoms with Crippen molar-refractivity contribution >= 4 is 0 Å². The van der Waals surface area contributed by atoms with Gasteiger partial charge >= 0.3 is 0 Å². The summed E-state index contributed by atoms with van der Waals surface area (Å²) in [6.07, 6.45) is 2.85. The van der Waals surface area contributed by atoms with Gasteiger partial charge < -0.3 is 9.64 Å². The van der Waals surface area contributed by atoms with Crippen LogP contribution in [0.4, 0.5) is 0 Å². The molecular weight excluding hydrogens is 150 g/mol. The van der Waals surface area contributed by atoms with Crippen LogP contribution in [0.3, 0.4) is 0 Å². The van der Waals surface area contributed by atoms with Gasteiger partial charge in [0.15, 0.2) is 0 Å². The van der Waals surface area contributed by atoms with E-state index in [0.717, 1.165) is 6.54 Å². The van der Waals surface area contributed by atoms with Gasteiger partial charge in [0, 0.05) is 6.54 Å². The van der Waals surface area contributed by atoms with Crippen molar-refractivity contribution < 1.29 is 4.74 Å². The fourth-order valence-electron chi connectivity index (χ4n) is 1.49. The Balaban J connectivity index is 2.17. The van der Waals surface area contributed by atoms with E-state index in [1.54, 1.807) is 0 Å². The molecule has 0 spiro atoms. The number of piperidine rings is 1. The average Bonchev–Trinajstić information content (AvgIpc) is 2.05. The summed E-state index contributed by atoms with van der Waals surface area (Å²) in [5.41, 5.74) is 0. The van der Waals surface area contributed by atoms with Gasteiger partial charge in [0.25, 0.3) is 0 Å². The molecule has 1 rings (SSSR count). The van der Waals surface area contributed by atoms with Crippen LogP contribution in [0, 0.1) is 11.8 Å². The molecule has 1 aliphatic heterocycles. The molecule has 68 valence electrons. The summed E-state index contributed by atoms with van der Waals surface area (Å²) in [4.78, 5) is 2.31. The minimum atomic E-state index is 0.407. The molecule has 0 amide bonds. The molecular formula is C10H17NO. The molecule has 0 radical (unpaired) electrons.